The van der Waals surface area contributed by atoms with Gasteiger partial charge in [0.25, 0.3) is 0 Å². The van der Waals surface area contributed by atoms with Crippen LogP contribution in [-0.4, -0.2) is 4.98 Å². The van der Waals surface area contributed by atoms with Gasteiger partial charge in [-0.15, -0.1) is 0 Å². The predicted octanol–water partition coefficient (Wildman–Crippen LogP) is 15.2. The second-order valence-electron chi connectivity index (χ2n) is 15.8. The van der Waals surface area contributed by atoms with Crippen LogP contribution in [0.1, 0.15) is 22.3 Å². The standard InChI is InChI=1S/C58H37NO2/c1-4-15-41(16-5-1)51-35-45(36-52(59-51)44-29-28-38-14-10-11-17-42(38)34-44)40-26-24-39(25-27-40)43-30-32-53-55(37-43)61-57-54(60-53)33-31-50-56(57)48-22-12-13-23-49(48)58(50,46-18-6-2-7-19-46)47-20-8-3-9-21-47/h1-37H. The summed E-state index contributed by atoms with van der Waals surface area (Å²) in [5.41, 5.74) is 14.9. The number of pyridine rings is 1. The van der Waals surface area contributed by atoms with E-state index in [1.54, 1.807) is 0 Å². The van der Waals surface area contributed by atoms with Crippen LogP contribution in [0.4, 0.5) is 0 Å². The zero-order valence-corrected chi connectivity index (χ0v) is 33.1. The zero-order chi connectivity index (χ0) is 40.3. The summed E-state index contributed by atoms with van der Waals surface area (Å²) in [6.45, 7) is 0. The molecule has 3 nitrogen and oxygen atoms in total. The number of fused-ring (bicyclic) bond motifs is 7. The number of hydrogen-bond acceptors (Lipinski definition) is 3. The summed E-state index contributed by atoms with van der Waals surface area (Å²) in [6, 6.07) is 79.6. The maximum absolute atomic E-state index is 7.00. The minimum Gasteiger partial charge on any atom is -0.449 e. The topological polar surface area (TPSA) is 31.4 Å². The second-order valence-corrected chi connectivity index (χ2v) is 15.8. The van der Waals surface area contributed by atoms with Crippen molar-refractivity contribution in [1.29, 1.82) is 0 Å². The Hall–Kier alpha value is -8.01. The number of hydrogen-bond donors (Lipinski definition) is 0. The van der Waals surface area contributed by atoms with Gasteiger partial charge in [0.05, 0.1) is 16.8 Å². The number of benzene rings is 9. The molecule has 1 aliphatic carbocycles. The van der Waals surface area contributed by atoms with Crippen LogP contribution in [0, 0.1) is 0 Å². The number of ether oxygens (including phenoxy) is 2. The highest BCUT2D eigenvalue weighted by molar-refractivity contribution is 5.92. The van der Waals surface area contributed by atoms with Crippen LogP contribution in [0.3, 0.4) is 0 Å². The normalized spacial score (nSPS) is 13.0. The monoisotopic (exact) mass is 779 g/mol. The molecule has 10 aromatic rings. The van der Waals surface area contributed by atoms with E-state index in [2.05, 4.69) is 212 Å². The first-order valence-electron chi connectivity index (χ1n) is 20.8. The summed E-state index contributed by atoms with van der Waals surface area (Å²) in [7, 11) is 0. The molecule has 12 rings (SSSR count). The van der Waals surface area contributed by atoms with Gasteiger partial charge in [-0.3, -0.25) is 0 Å². The van der Waals surface area contributed by atoms with E-state index in [1.165, 1.54) is 33.0 Å². The maximum Gasteiger partial charge on any atom is 0.178 e. The summed E-state index contributed by atoms with van der Waals surface area (Å²) in [4.78, 5) is 5.18. The lowest BCUT2D eigenvalue weighted by Gasteiger charge is -2.34. The van der Waals surface area contributed by atoms with E-state index in [1.807, 2.05) is 12.1 Å². The first-order chi connectivity index (χ1) is 30.2. The lowest BCUT2D eigenvalue weighted by atomic mass is 9.68. The van der Waals surface area contributed by atoms with Gasteiger partial charge in [0.2, 0.25) is 0 Å². The van der Waals surface area contributed by atoms with Gasteiger partial charge < -0.3 is 9.47 Å². The quantitative estimate of drug-likeness (QED) is 0.168. The Bertz CT molecular complexity index is 3250. The molecule has 2 aliphatic rings. The molecule has 0 radical (unpaired) electrons. The van der Waals surface area contributed by atoms with Gasteiger partial charge in [-0.25, -0.2) is 4.98 Å². The van der Waals surface area contributed by atoms with Crippen molar-refractivity contribution >= 4 is 10.8 Å². The highest BCUT2D eigenvalue weighted by atomic mass is 16.6. The summed E-state index contributed by atoms with van der Waals surface area (Å²) in [6.07, 6.45) is 0. The first kappa shape index (κ1) is 35.0. The fraction of sp³-hybridized carbons (Fsp3) is 0.0172. The van der Waals surface area contributed by atoms with Crippen molar-refractivity contribution < 1.29 is 9.47 Å². The molecule has 2 heterocycles. The van der Waals surface area contributed by atoms with Gasteiger partial charge in [-0.05, 0) is 97.2 Å². The molecule has 0 fully saturated rings. The molecule has 0 atom stereocenters. The first-order valence-corrected chi connectivity index (χ1v) is 20.8. The minimum absolute atomic E-state index is 0.524. The fourth-order valence-electron chi connectivity index (χ4n) is 9.55. The predicted molar refractivity (Wildman–Crippen MR) is 247 cm³/mol. The van der Waals surface area contributed by atoms with E-state index in [-0.39, 0.29) is 0 Å². The van der Waals surface area contributed by atoms with Gasteiger partial charge in [0.1, 0.15) is 0 Å². The molecule has 0 unspecified atom stereocenters. The van der Waals surface area contributed by atoms with E-state index in [0.29, 0.717) is 17.2 Å². The Labute approximate surface area is 354 Å². The average molecular weight is 780 g/mol. The van der Waals surface area contributed by atoms with E-state index in [9.17, 15) is 0 Å². The third kappa shape index (κ3) is 5.70. The molecular weight excluding hydrogens is 743 g/mol. The van der Waals surface area contributed by atoms with E-state index in [0.717, 1.165) is 61.6 Å². The minimum atomic E-state index is -0.524. The molecule has 61 heavy (non-hydrogen) atoms. The Morgan fingerprint density at radius 3 is 1.64 bits per heavy atom. The van der Waals surface area contributed by atoms with Crippen molar-refractivity contribution in [3.63, 3.8) is 0 Å². The van der Waals surface area contributed by atoms with Gasteiger partial charge in [0.15, 0.2) is 23.0 Å². The Balaban J connectivity index is 0.919. The summed E-state index contributed by atoms with van der Waals surface area (Å²) < 4.78 is 13.7. The molecule has 0 saturated carbocycles. The van der Waals surface area contributed by atoms with E-state index in [4.69, 9.17) is 14.5 Å². The summed E-state index contributed by atoms with van der Waals surface area (Å²) in [5, 5.41) is 2.41. The molecule has 0 N–H and O–H groups in total. The van der Waals surface area contributed by atoms with Gasteiger partial charge in [-0.1, -0.05) is 188 Å². The SMILES string of the molecule is c1ccc(-c2cc(-c3ccc(-c4ccc5c(c4)Oc4c(ccc6c4-c4ccccc4C6(c4ccccc4)c4ccccc4)O5)cc3)cc(-c3ccc4ccccc4c3)n2)cc1. The van der Waals surface area contributed by atoms with Gasteiger partial charge in [0, 0.05) is 16.7 Å². The number of aromatic nitrogens is 1. The number of nitrogens with zero attached hydrogens (tertiary/aromatic N) is 1. The third-order valence-electron chi connectivity index (χ3n) is 12.4. The molecule has 1 aliphatic heterocycles. The Morgan fingerprint density at radius 2 is 0.902 bits per heavy atom. The van der Waals surface area contributed by atoms with Crippen LogP contribution in [0.2, 0.25) is 0 Å². The molecule has 0 bridgehead atoms. The number of rotatable bonds is 6. The van der Waals surface area contributed by atoms with Crippen LogP contribution in [0.5, 0.6) is 23.0 Å². The molecule has 0 spiro atoms. The van der Waals surface area contributed by atoms with Crippen molar-refractivity contribution in [2.45, 2.75) is 5.41 Å². The van der Waals surface area contributed by atoms with Crippen LogP contribution < -0.4 is 9.47 Å². The molecular formula is C58H37NO2. The van der Waals surface area contributed by atoms with E-state index < -0.39 is 5.41 Å². The average Bonchev–Trinajstić information content (AvgIpc) is 3.65. The molecule has 1 aromatic heterocycles. The smallest absolute Gasteiger partial charge is 0.178 e. The third-order valence-corrected chi connectivity index (χ3v) is 12.4. The fourth-order valence-corrected chi connectivity index (χ4v) is 9.55. The molecule has 9 aromatic carbocycles. The van der Waals surface area contributed by atoms with Crippen molar-refractivity contribution in [2.75, 3.05) is 0 Å². The van der Waals surface area contributed by atoms with Crippen molar-refractivity contribution in [3.05, 3.63) is 247 Å². The zero-order valence-electron chi connectivity index (χ0n) is 33.1. The Morgan fingerprint density at radius 1 is 0.328 bits per heavy atom. The van der Waals surface area contributed by atoms with Gasteiger partial charge in [-0.2, -0.15) is 0 Å². The van der Waals surface area contributed by atoms with Gasteiger partial charge >= 0.3 is 0 Å². The Kier molecular flexibility index (Phi) is 8.07. The lowest BCUT2D eigenvalue weighted by Crippen LogP contribution is -2.28. The summed E-state index contributed by atoms with van der Waals surface area (Å²) >= 11 is 0. The van der Waals surface area contributed by atoms with Crippen LogP contribution >= 0.6 is 0 Å². The largest absolute Gasteiger partial charge is 0.449 e. The molecule has 0 saturated heterocycles. The molecule has 3 heteroatoms. The van der Waals surface area contributed by atoms with Crippen LogP contribution in [0.15, 0.2) is 224 Å². The van der Waals surface area contributed by atoms with Crippen LogP contribution in [-0.2, 0) is 5.41 Å². The van der Waals surface area contributed by atoms with Crippen molar-refractivity contribution in [1.82, 2.24) is 4.98 Å². The summed E-state index contributed by atoms with van der Waals surface area (Å²) in [5.74, 6) is 2.85. The lowest BCUT2D eigenvalue weighted by molar-refractivity contribution is 0.360. The molecule has 0 amide bonds. The molecule has 286 valence electrons. The van der Waals surface area contributed by atoms with Crippen molar-refractivity contribution in [2.24, 2.45) is 0 Å². The van der Waals surface area contributed by atoms with Crippen molar-refractivity contribution in [3.8, 4) is 78.9 Å². The highest BCUT2D eigenvalue weighted by Crippen LogP contribution is 2.62. The maximum atomic E-state index is 7.00. The second kappa shape index (κ2) is 14.1. The highest BCUT2D eigenvalue weighted by Gasteiger charge is 2.48. The van der Waals surface area contributed by atoms with E-state index >= 15 is 0 Å². The van der Waals surface area contributed by atoms with Crippen LogP contribution in [0.25, 0.3) is 66.7 Å².